The van der Waals surface area contributed by atoms with Crippen molar-refractivity contribution in [3.63, 3.8) is 0 Å². The molecule has 1 amide bonds. The van der Waals surface area contributed by atoms with Crippen molar-refractivity contribution in [1.29, 1.82) is 0 Å². The fraction of sp³-hybridized carbons (Fsp3) is 0.316. The summed E-state index contributed by atoms with van der Waals surface area (Å²) in [5.41, 5.74) is 1.89. The molecule has 5 nitrogen and oxygen atoms in total. The molecule has 7 heteroatoms. The summed E-state index contributed by atoms with van der Waals surface area (Å²) in [5, 5.41) is 0. The van der Waals surface area contributed by atoms with E-state index in [1.54, 1.807) is 17.0 Å². The lowest BCUT2D eigenvalue weighted by molar-refractivity contribution is -0.147. The van der Waals surface area contributed by atoms with E-state index in [1.165, 1.54) is 0 Å². The molecule has 2 aromatic rings. The van der Waals surface area contributed by atoms with Crippen LogP contribution in [0.25, 0.3) is 0 Å². The maximum atomic E-state index is 12.4. The third kappa shape index (κ3) is 3.97. The van der Waals surface area contributed by atoms with Crippen LogP contribution in [0.3, 0.4) is 0 Å². The number of nitrogens with zero attached hydrogens (tertiary/aromatic N) is 1. The number of ether oxygens (including phenoxy) is 1. The number of esters is 1. The van der Waals surface area contributed by atoms with Gasteiger partial charge in [-0.3, -0.25) is 14.4 Å². The Morgan fingerprint density at radius 1 is 1.27 bits per heavy atom. The van der Waals surface area contributed by atoms with E-state index < -0.39 is 11.9 Å². The number of amides is 1. The maximum Gasteiger partial charge on any atom is 0.311 e. The van der Waals surface area contributed by atoms with Crippen LogP contribution in [0.5, 0.6) is 0 Å². The van der Waals surface area contributed by atoms with Gasteiger partial charge in [-0.25, -0.2) is 0 Å². The molecule has 0 unspecified atom stereocenters. The van der Waals surface area contributed by atoms with Crippen molar-refractivity contribution in [2.24, 2.45) is 5.92 Å². The highest BCUT2D eigenvalue weighted by Crippen LogP contribution is 2.29. The molecule has 1 aliphatic heterocycles. The number of para-hydroxylation sites is 1. The molecule has 2 heterocycles. The molecule has 0 aliphatic carbocycles. The zero-order valence-corrected chi connectivity index (χ0v) is 15.8. The molecule has 0 radical (unpaired) electrons. The molecule has 136 valence electrons. The van der Waals surface area contributed by atoms with Gasteiger partial charge in [0.2, 0.25) is 11.7 Å². The number of benzene rings is 1. The van der Waals surface area contributed by atoms with Gasteiger partial charge in [0.05, 0.1) is 15.1 Å². The minimum atomic E-state index is -0.563. The number of hydrogen-bond acceptors (Lipinski definition) is 5. The van der Waals surface area contributed by atoms with Crippen LogP contribution < -0.4 is 4.90 Å². The van der Waals surface area contributed by atoms with Gasteiger partial charge in [-0.2, -0.15) is 0 Å². The highest BCUT2D eigenvalue weighted by Gasteiger charge is 2.37. The lowest BCUT2D eigenvalue weighted by Crippen LogP contribution is -2.27. The molecule has 1 fully saturated rings. The fourth-order valence-corrected chi connectivity index (χ4v) is 3.93. The van der Waals surface area contributed by atoms with Crippen LogP contribution in [0.2, 0.25) is 4.34 Å². The number of carbonyl (C=O) groups excluding carboxylic acids is 3. The zero-order chi connectivity index (χ0) is 18.7. The summed E-state index contributed by atoms with van der Waals surface area (Å²) < 4.78 is 5.64. The van der Waals surface area contributed by atoms with Crippen LogP contribution in [-0.2, 0) is 20.7 Å². The molecule has 1 aromatic carbocycles. The predicted molar refractivity (Wildman–Crippen MR) is 101 cm³/mol. The molecular formula is C19H18ClNO4S. The van der Waals surface area contributed by atoms with Gasteiger partial charge in [0.15, 0.2) is 6.61 Å². The quantitative estimate of drug-likeness (QED) is 0.555. The number of hydrogen-bond donors (Lipinski definition) is 0. The van der Waals surface area contributed by atoms with E-state index in [0.29, 0.717) is 9.21 Å². The Morgan fingerprint density at radius 2 is 2.04 bits per heavy atom. The average Bonchev–Trinajstić information content (AvgIpc) is 3.25. The SMILES string of the molecule is CCc1ccccc1N1C[C@@H](C(=O)OCC(=O)c2ccc(Cl)s2)CC1=O. The Kier molecular flexibility index (Phi) is 5.74. The van der Waals surface area contributed by atoms with Crippen molar-refractivity contribution in [3.8, 4) is 0 Å². The summed E-state index contributed by atoms with van der Waals surface area (Å²) >= 11 is 6.95. The van der Waals surface area contributed by atoms with Crippen LogP contribution in [0.15, 0.2) is 36.4 Å². The van der Waals surface area contributed by atoms with Gasteiger partial charge in [-0.15, -0.1) is 11.3 Å². The van der Waals surface area contributed by atoms with Crippen molar-refractivity contribution < 1.29 is 19.1 Å². The largest absolute Gasteiger partial charge is 0.457 e. The number of thiophene rings is 1. The second-order valence-corrected chi connectivity index (χ2v) is 7.74. The summed E-state index contributed by atoms with van der Waals surface area (Å²) in [6.45, 7) is 1.95. The molecule has 0 saturated carbocycles. The number of rotatable bonds is 6. The number of ketones is 1. The Bertz CT molecular complexity index is 848. The predicted octanol–water partition coefficient (Wildman–Crippen LogP) is 3.74. The third-order valence-corrected chi connectivity index (χ3v) is 5.59. The number of anilines is 1. The molecule has 26 heavy (non-hydrogen) atoms. The summed E-state index contributed by atoms with van der Waals surface area (Å²) in [4.78, 5) is 38.7. The van der Waals surface area contributed by atoms with Crippen molar-refractivity contribution in [2.75, 3.05) is 18.1 Å². The standard InChI is InChI=1S/C19H18ClNO4S/c1-2-12-5-3-4-6-14(12)21-10-13(9-18(21)23)19(24)25-11-15(22)16-7-8-17(20)26-16/h3-8,13H,2,9-11H2,1H3/t13-/m0/s1. The molecule has 0 bridgehead atoms. The van der Waals surface area contributed by atoms with Crippen LogP contribution >= 0.6 is 22.9 Å². The first-order valence-electron chi connectivity index (χ1n) is 8.33. The van der Waals surface area contributed by atoms with E-state index >= 15 is 0 Å². The smallest absolute Gasteiger partial charge is 0.311 e. The molecule has 1 aromatic heterocycles. The summed E-state index contributed by atoms with van der Waals surface area (Å²) in [6.07, 6.45) is 0.892. The first-order valence-corrected chi connectivity index (χ1v) is 9.52. The maximum absolute atomic E-state index is 12.4. The van der Waals surface area contributed by atoms with Crippen molar-refractivity contribution in [1.82, 2.24) is 0 Å². The third-order valence-electron chi connectivity index (χ3n) is 4.32. The fourth-order valence-electron chi connectivity index (χ4n) is 2.96. The molecule has 0 N–H and O–H groups in total. The summed E-state index contributed by atoms with van der Waals surface area (Å²) in [7, 11) is 0. The van der Waals surface area contributed by atoms with Crippen molar-refractivity contribution >= 4 is 46.3 Å². The first-order chi connectivity index (χ1) is 12.5. The second kappa shape index (κ2) is 8.01. The van der Waals surface area contributed by atoms with Crippen LogP contribution in [-0.4, -0.2) is 30.8 Å². The van der Waals surface area contributed by atoms with Gasteiger partial charge in [0.1, 0.15) is 0 Å². The Labute approximate surface area is 160 Å². The van der Waals surface area contributed by atoms with Crippen molar-refractivity contribution in [3.05, 3.63) is 51.2 Å². The van der Waals surface area contributed by atoms with Gasteiger partial charge in [-0.1, -0.05) is 36.7 Å². The molecule has 1 atom stereocenters. The van der Waals surface area contributed by atoms with Crippen LogP contribution in [0, 0.1) is 5.92 Å². The molecule has 0 spiro atoms. The normalized spacial score (nSPS) is 16.8. The monoisotopic (exact) mass is 391 g/mol. The second-order valence-electron chi connectivity index (χ2n) is 6.02. The molecular weight excluding hydrogens is 374 g/mol. The minimum Gasteiger partial charge on any atom is -0.457 e. The van der Waals surface area contributed by atoms with Crippen LogP contribution in [0.4, 0.5) is 5.69 Å². The highest BCUT2D eigenvalue weighted by atomic mass is 35.5. The van der Waals surface area contributed by atoms with E-state index in [2.05, 4.69) is 0 Å². The lowest BCUT2D eigenvalue weighted by atomic mass is 10.1. The van der Waals surface area contributed by atoms with Crippen molar-refractivity contribution in [2.45, 2.75) is 19.8 Å². The Morgan fingerprint density at radius 3 is 2.73 bits per heavy atom. The Balaban J connectivity index is 1.61. The van der Waals surface area contributed by atoms with Gasteiger partial charge in [0, 0.05) is 18.7 Å². The highest BCUT2D eigenvalue weighted by molar-refractivity contribution is 7.18. The van der Waals surface area contributed by atoms with Gasteiger partial charge in [-0.05, 0) is 30.2 Å². The lowest BCUT2D eigenvalue weighted by Gasteiger charge is -2.19. The van der Waals surface area contributed by atoms with E-state index in [9.17, 15) is 14.4 Å². The minimum absolute atomic E-state index is 0.0932. The Hall–Kier alpha value is -2.18. The van der Waals surface area contributed by atoms with Gasteiger partial charge >= 0.3 is 5.97 Å². The summed E-state index contributed by atoms with van der Waals surface area (Å²) in [6, 6.07) is 10.9. The number of carbonyl (C=O) groups is 3. The van der Waals surface area contributed by atoms with Gasteiger partial charge < -0.3 is 9.64 Å². The average molecular weight is 392 g/mol. The number of Topliss-reactive ketones (excluding diaryl/α,β-unsaturated/α-hetero) is 1. The summed E-state index contributed by atoms with van der Waals surface area (Å²) in [5.74, 6) is -1.49. The van der Waals surface area contributed by atoms with E-state index in [-0.39, 0.29) is 31.3 Å². The van der Waals surface area contributed by atoms with E-state index in [0.717, 1.165) is 29.0 Å². The molecule has 1 saturated heterocycles. The van der Waals surface area contributed by atoms with E-state index in [4.69, 9.17) is 16.3 Å². The number of halogens is 1. The van der Waals surface area contributed by atoms with Crippen LogP contribution in [0.1, 0.15) is 28.6 Å². The molecule has 1 aliphatic rings. The number of aryl methyl sites for hydroxylation is 1. The van der Waals surface area contributed by atoms with E-state index in [1.807, 2.05) is 31.2 Å². The van der Waals surface area contributed by atoms with Gasteiger partial charge in [0.25, 0.3) is 0 Å². The topological polar surface area (TPSA) is 63.7 Å². The first kappa shape index (κ1) is 18.6. The zero-order valence-electron chi connectivity index (χ0n) is 14.2. The molecule has 3 rings (SSSR count).